The number of nitrogens with zero attached hydrogens (tertiary/aromatic N) is 5. The Labute approximate surface area is 185 Å². The van der Waals surface area contributed by atoms with Crippen molar-refractivity contribution in [2.45, 2.75) is 32.2 Å². The number of halogens is 1. The summed E-state index contributed by atoms with van der Waals surface area (Å²) in [6, 6.07) is 7.16. The van der Waals surface area contributed by atoms with Gasteiger partial charge in [0.2, 0.25) is 11.8 Å². The van der Waals surface area contributed by atoms with Gasteiger partial charge in [-0.3, -0.25) is 4.79 Å². The van der Waals surface area contributed by atoms with Crippen LogP contribution in [0, 0.1) is 12.7 Å². The highest BCUT2D eigenvalue weighted by molar-refractivity contribution is 5.83. The lowest BCUT2D eigenvalue weighted by atomic mass is 10.0. The molecule has 2 atom stereocenters. The molecule has 0 bridgehead atoms. The number of anilines is 1. The van der Waals surface area contributed by atoms with E-state index in [4.69, 9.17) is 4.74 Å². The van der Waals surface area contributed by atoms with Crippen molar-refractivity contribution in [3.8, 4) is 17.3 Å². The average molecular weight is 436 g/mol. The summed E-state index contributed by atoms with van der Waals surface area (Å²) in [4.78, 5) is 31.8. The number of aryl methyl sites for hydroxylation is 1. The van der Waals surface area contributed by atoms with Crippen LogP contribution in [0.5, 0.6) is 5.88 Å². The van der Waals surface area contributed by atoms with Crippen LogP contribution in [0.4, 0.5) is 10.2 Å². The molecule has 9 heteroatoms. The zero-order valence-corrected chi connectivity index (χ0v) is 18.2. The third kappa shape index (κ3) is 4.51. The molecule has 4 rings (SSSR count). The summed E-state index contributed by atoms with van der Waals surface area (Å²) in [5.74, 6) is 0.393. The number of rotatable bonds is 6. The normalized spacial score (nSPS) is 16.6. The summed E-state index contributed by atoms with van der Waals surface area (Å²) >= 11 is 0. The molecular formula is C23H25FN6O2. The predicted octanol–water partition coefficient (Wildman–Crippen LogP) is 3.21. The Morgan fingerprint density at radius 3 is 2.78 bits per heavy atom. The van der Waals surface area contributed by atoms with Crippen molar-refractivity contribution in [3.63, 3.8) is 0 Å². The summed E-state index contributed by atoms with van der Waals surface area (Å²) in [7, 11) is 1.46. The van der Waals surface area contributed by atoms with Crippen molar-refractivity contribution in [1.82, 2.24) is 24.8 Å². The number of hydrogen-bond donors (Lipinski definition) is 1. The monoisotopic (exact) mass is 436 g/mol. The number of methoxy groups -OCH3 is 1. The van der Waals surface area contributed by atoms with E-state index < -0.39 is 11.7 Å². The number of aromatic nitrogens is 4. The van der Waals surface area contributed by atoms with E-state index >= 15 is 0 Å². The number of pyridine rings is 2. The first-order chi connectivity index (χ1) is 15.5. The largest absolute Gasteiger partial charge is 0.481 e. The third-order valence-corrected chi connectivity index (χ3v) is 5.65. The van der Waals surface area contributed by atoms with Crippen LogP contribution in [-0.4, -0.2) is 57.0 Å². The van der Waals surface area contributed by atoms with Gasteiger partial charge in [0.25, 0.3) is 0 Å². The highest BCUT2D eigenvalue weighted by atomic mass is 19.1. The Morgan fingerprint density at radius 2 is 2.06 bits per heavy atom. The third-order valence-electron chi connectivity index (χ3n) is 5.65. The SMILES string of the molecule is COc1cc([C@@H](C)C(=O)N2CC[C@H](Nc3ccc(-c4ncccn4)c(C)n3)C2)c(F)cn1. The van der Waals surface area contributed by atoms with E-state index in [0.717, 1.165) is 29.7 Å². The molecule has 3 aromatic heterocycles. The molecule has 3 aromatic rings. The first kappa shape index (κ1) is 21.6. The molecule has 166 valence electrons. The molecule has 1 saturated heterocycles. The van der Waals surface area contributed by atoms with Crippen LogP contribution in [0.3, 0.4) is 0 Å². The van der Waals surface area contributed by atoms with Crippen molar-refractivity contribution in [3.05, 3.63) is 59.9 Å². The first-order valence-corrected chi connectivity index (χ1v) is 10.5. The van der Waals surface area contributed by atoms with Crippen molar-refractivity contribution >= 4 is 11.7 Å². The molecule has 0 spiro atoms. The summed E-state index contributed by atoms with van der Waals surface area (Å²) in [5, 5.41) is 3.40. The van der Waals surface area contributed by atoms with E-state index in [-0.39, 0.29) is 23.4 Å². The molecule has 32 heavy (non-hydrogen) atoms. The average Bonchev–Trinajstić information content (AvgIpc) is 3.27. The molecule has 0 saturated carbocycles. The number of carbonyl (C=O) groups is 1. The second-order valence-corrected chi connectivity index (χ2v) is 7.79. The van der Waals surface area contributed by atoms with Crippen molar-refractivity contribution in [1.29, 1.82) is 0 Å². The maximum absolute atomic E-state index is 14.2. The fraction of sp³-hybridized carbons (Fsp3) is 0.348. The van der Waals surface area contributed by atoms with Crippen LogP contribution in [0.2, 0.25) is 0 Å². The van der Waals surface area contributed by atoms with Gasteiger partial charge in [0.05, 0.1) is 24.9 Å². The van der Waals surface area contributed by atoms with Gasteiger partial charge >= 0.3 is 0 Å². The number of likely N-dealkylation sites (tertiary alicyclic amines) is 1. The van der Waals surface area contributed by atoms with Gasteiger partial charge in [-0.15, -0.1) is 0 Å². The Balaban J connectivity index is 1.40. The summed E-state index contributed by atoms with van der Waals surface area (Å²) < 4.78 is 19.3. The smallest absolute Gasteiger partial charge is 0.230 e. The minimum Gasteiger partial charge on any atom is -0.481 e. The van der Waals surface area contributed by atoms with Crippen LogP contribution in [0.1, 0.15) is 30.5 Å². The van der Waals surface area contributed by atoms with Crippen molar-refractivity contribution < 1.29 is 13.9 Å². The molecule has 0 unspecified atom stereocenters. The van der Waals surface area contributed by atoms with E-state index in [0.29, 0.717) is 18.9 Å². The minimum absolute atomic E-state index is 0.0636. The second kappa shape index (κ2) is 9.25. The Kier molecular flexibility index (Phi) is 6.25. The highest BCUT2D eigenvalue weighted by Gasteiger charge is 2.31. The molecule has 8 nitrogen and oxygen atoms in total. The molecule has 0 aromatic carbocycles. The van der Waals surface area contributed by atoms with Gasteiger partial charge in [-0.25, -0.2) is 24.3 Å². The maximum atomic E-state index is 14.2. The van der Waals surface area contributed by atoms with Crippen LogP contribution in [0.15, 0.2) is 42.9 Å². The van der Waals surface area contributed by atoms with Crippen LogP contribution < -0.4 is 10.1 Å². The topological polar surface area (TPSA) is 93.1 Å². The fourth-order valence-electron chi connectivity index (χ4n) is 3.89. The molecular weight excluding hydrogens is 411 g/mol. The van der Waals surface area contributed by atoms with E-state index in [1.807, 2.05) is 19.1 Å². The number of nitrogens with one attached hydrogen (secondary N) is 1. The maximum Gasteiger partial charge on any atom is 0.230 e. The van der Waals surface area contributed by atoms with E-state index in [9.17, 15) is 9.18 Å². The molecule has 1 fully saturated rings. The zero-order valence-electron chi connectivity index (χ0n) is 18.2. The minimum atomic E-state index is -0.629. The lowest BCUT2D eigenvalue weighted by Crippen LogP contribution is -2.34. The zero-order chi connectivity index (χ0) is 22.7. The molecule has 0 aliphatic carbocycles. The second-order valence-electron chi connectivity index (χ2n) is 7.79. The highest BCUT2D eigenvalue weighted by Crippen LogP contribution is 2.26. The van der Waals surface area contributed by atoms with E-state index in [1.165, 1.54) is 13.2 Å². The number of ether oxygens (including phenoxy) is 1. The van der Waals surface area contributed by atoms with E-state index in [2.05, 4.69) is 25.3 Å². The van der Waals surface area contributed by atoms with Crippen molar-refractivity contribution in [2.24, 2.45) is 0 Å². The molecule has 1 aliphatic rings. The van der Waals surface area contributed by atoms with Gasteiger partial charge in [0, 0.05) is 48.7 Å². The lowest BCUT2D eigenvalue weighted by Gasteiger charge is -2.22. The van der Waals surface area contributed by atoms with E-state index in [1.54, 1.807) is 30.3 Å². The number of amides is 1. The summed E-state index contributed by atoms with van der Waals surface area (Å²) in [6.07, 6.45) is 5.27. The Bertz CT molecular complexity index is 1110. The van der Waals surface area contributed by atoms with Crippen LogP contribution in [0.25, 0.3) is 11.4 Å². The Morgan fingerprint density at radius 1 is 1.28 bits per heavy atom. The van der Waals surface area contributed by atoms with Gasteiger partial charge in [0.1, 0.15) is 11.6 Å². The molecule has 1 aliphatic heterocycles. The lowest BCUT2D eigenvalue weighted by molar-refractivity contribution is -0.131. The van der Waals surface area contributed by atoms with Gasteiger partial charge in [-0.05, 0) is 38.5 Å². The summed E-state index contributed by atoms with van der Waals surface area (Å²) in [5.41, 5.74) is 1.99. The van der Waals surface area contributed by atoms with Crippen LogP contribution in [-0.2, 0) is 4.79 Å². The number of carbonyl (C=O) groups excluding carboxylic acids is 1. The Hall–Kier alpha value is -3.62. The fourth-order valence-corrected chi connectivity index (χ4v) is 3.89. The van der Waals surface area contributed by atoms with Gasteiger partial charge in [-0.1, -0.05) is 0 Å². The van der Waals surface area contributed by atoms with Gasteiger partial charge in [-0.2, -0.15) is 0 Å². The van der Waals surface area contributed by atoms with Gasteiger partial charge in [0.15, 0.2) is 5.82 Å². The van der Waals surface area contributed by atoms with Crippen molar-refractivity contribution in [2.75, 3.05) is 25.5 Å². The summed E-state index contributed by atoms with van der Waals surface area (Å²) in [6.45, 7) is 4.74. The standard InChI is InChI=1S/C23H25FN6O2/c1-14(18-11-21(32-3)27-12-19(18)24)23(31)30-10-7-16(13-30)29-20-6-5-17(15(2)28-20)22-25-8-4-9-26-22/h4-6,8-9,11-12,14,16H,7,10,13H2,1-3H3,(H,28,29)/t14-,16+/m1/s1. The molecule has 1 amide bonds. The van der Waals surface area contributed by atoms with Gasteiger partial charge < -0.3 is 15.0 Å². The molecule has 4 heterocycles. The molecule has 1 N–H and O–H groups in total. The first-order valence-electron chi connectivity index (χ1n) is 10.5. The molecule has 0 radical (unpaired) electrons. The van der Waals surface area contributed by atoms with Crippen LogP contribution >= 0.6 is 0 Å². The number of hydrogen-bond acceptors (Lipinski definition) is 7. The quantitative estimate of drug-likeness (QED) is 0.634. The predicted molar refractivity (Wildman–Crippen MR) is 118 cm³/mol.